The van der Waals surface area contributed by atoms with Gasteiger partial charge in [-0.2, -0.15) is 0 Å². The zero-order valence-corrected chi connectivity index (χ0v) is 12.8. The quantitative estimate of drug-likeness (QED) is 0.775. The topological polar surface area (TPSA) is 41.9 Å². The maximum Gasteiger partial charge on any atom is 0.134 e. The van der Waals surface area contributed by atoms with Crippen molar-refractivity contribution in [2.24, 2.45) is 0 Å². The summed E-state index contributed by atoms with van der Waals surface area (Å²) in [5, 5.41) is 8.85. The van der Waals surface area contributed by atoms with E-state index in [0.29, 0.717) is 6.04 Å². The van der Waals surface area contributed by atoms with Crippen molar-refractivity contribution in [1.29, 1.82) is 0 Å². The van der Waals surface area contributed by atoms with Crippen LogP contribution in [0, 0.1) is 11.8 Å². The van der Waals surface area contributed by atoms with Gasteiger partial charge in [-0.25, -0.2) is 0 Å². The van der Waals surface area contributed by atoms with E-state index in [1.807, 2.05) is 12.1 Å². The summed E-state index contributed by atoms with van der Waals surface area (Å²) in [5.74, 6) is 6.37. The molecule has 0 amide bonds. The van der Waals surface area contributed by atoms with E-state index in [9.17, 15) is 0 Å². The Bertz CT molecular complexity index is 515. The molecule has 21 heavy (non-hydrogen) atoms. The van der Waals surface area contributed by atoms with E-state index in [1.54, 1.807) is 14.2 Å². The molecule has 1 fully saturated rings. The van der Waals surface area contributed by atoms with Gasteiger partial charge in [-0.15, -0.1) is 0 Å². The van der Waals surface area contributed by atoms with Gasteiger partial charge in [-0.05, 0) is 30.5 Å². The standard InChI is InChI=1S/C17H23NO3/c1-20-11-9-18(16-6-7-16)13-14-5-8-17(21-2)15(12-14)4-3-10-19/h5,8,12,16,19H,6-7,9-11,13H2,1-2H3. The highest BCUT2D eigenvalue weighted by molar-refractivity contribution is 5.48. The molecule has 2 rings (SSSR count). The highest BCUT2D eigenvalue weighted by Crippen LogP contribution is 2.29. The van der Waals surface area contributed by atoms with E-state index >= 15 is 0 Å². The van der Waals surface area contributed by atoms with E-state index in [4.69, 9.17) is 14.6 Å². The number of ether oxygens (including phenoxy) is 2. The first-order chi connectivity index (χ1) is 10.3. The monoisotopic (exact) mass is 289 g/mol. The van der Waals surface area contributed by atoms with Crippen molar-refractivity contribution in [3.63, 3.8) is 0 Å². The molecule has 0 heterocycles. The lowest BCUT2D eigenvalue weighted by molar-refractivity contribution is 0.139. The lowest BCUT2D eigenvalue weighted by Crippen LogP contribution is -2.29. The van der Waals surface area contributed by atoms with Gasteiger partial charge in [0.25, 0.3) is 0 Å². The Kier molecular flexibility index (Phi) is 6.06. The normalized spacial score (nSPS) is 13.9. The molecule has 0 unspecified atom stereocenters. The van der Waals surface area contributed by atoms with Crippen LogP contribution >= 0.6 is 0 Å². The van der Waals surface area contributed by atoms with Crippen LogP contribution in [0.3, 0.4) is 0 Å². The number of nitrogens with zero attached hydrogens (tertiary/aromatic N) is 1. The fourth-order valence-electron chi connectivity index (χ4n) is 2.36. The predicted molar refractivity (Wildman–Crippen MR) is 82.3 cm³/mol. The number of benzene rings is 1. The molecule has 0 bridgehead atoms. The molecule has 1 saturated carbocycles. The summed E-state index contributed by atoms with van der Waals surface area (Å²) in [6.45, 7) is 2.45. The third kappa shape index (κ3) is 4.75. The zero-order valence-electron chi connectivity index (χ0n) is 12.8. The summed E-state index contributed by atoms with van der Waals surface area (Å²) >= 11 is 0. The first-order valence-electron chi connectivity index (χ1n) is 7.28. The SMILES string of the molecule is COCCN(Cc1ccc(OC)c(C#CCO)c1)C1CC1. The molecule has 0 radical (unpaired) electrons. The van der Waals surface area contributed by atoms with Crippen LogP contribution in [0.5, 0.6) is 5.75 Å². The molecule has 0 atom stereocenters. The van der Waals surface area contributed by atoms with Gasteiger partial charge in [-0.3, -0.25) is 4.90 Å². The van der Waals surface area contributed by atoms with E-state index in [2.05, 4.69) is 22.8 Å². The smallest absolute Gasteiger partial charge is 0.134 e. The minimum atomic E-state index is -0.143. The molecular weight excluding hydrogens is 266 g/mol. The van der Waals surface area contributed by atoms with Gasteiger partial charge in [0.05, 0.1) is 19.3 Å². The summed E-state index contributed by atoms with van der Waals surface area (Å²) in [6, 6.07) is 6.75. The first-order valence-corrected chi connectivity index (χ1v) is 7.28. The second kappa shape index (κ2) is 8.04. The van der Waals surface area contributed by atoms with E-state index in [0.717, 1.165) is 31.0 Å². The van der Waals surface area contributed by atoms with Gasteiger partial charge < -0.3 is 14.6 Å². The second-order valence-electron chi connectivity index (χ2n) is 5.19. The van der Waals surface area contributed by atoms with Crippen LogP contribution in [0.25, 0.3) is 0 Å². The van der Waals surface area contributed by atoms with Crippen molar-refractivity contribution >= 4 is 0 Å². The number of methoxy groups -OCH3 is 2. The van der Waals surface area contributed by atoms with E-state index in [-0.39, 0.29) is 6.61 Å². The summed E-state index contributed by atoms with van der Waals surface area (Å²) in [4.78, 5) is 2.45. The first kappa shape index (κ1) is 15.8. The molecule has 114 valence electrons. The van der Waals surface area contributed by atoms with Crippen LogP contribution in [0.1, 0.15) is 24.0 Å². The van der Waals surface area contributed by atoms with Crippen molar-refractivity contribution in [3.8, 4) is 17.6 Å². The fraction of sp³-hybridized carbons (Fsp3) is 0.529. The molecule has 1 aromatic carbocycles. The van der Waals surface area contributed by atoms with Crippen LogP contribution in [0.2, 0.25) is 0 Å². The maximum absolute atomic E-state index is 8.85. The average Bonchev–Trinajstić information content (AvgIpc) is 3.34. The summed E-state index contributed by atoms with van der Waals surface area (Å²) in [7, 11) is 3.37. The molecule has 1 N–H and O–H groups in total. The molecular formula is C17H23NO3. The molecule has 0 aromatic heterocycles. The number of rotatable bonds is 7. The highest BCUT2D eigenvalue weighted by atomic mass is 16.5. The van der Waals surface area contributed by atoms with Crippen LogP contribution in [0.4, 0.5) is 0 Å². The van der Waals surface area contributed by atoms with Crippen molar-refractivity contribution in [2.45, 2.75) is 25.4 Å². The van der Waals surface area contributed by atoms with Gasteiger partial charge in [0.15, 0.2) is 0 Å². The lowest BCUT2D eigenvalue weighted by atomic mass is 10.1. The maximum atomic E-state index is 8.85. The molecule has 1 aliphatic rings. The van der Waals surface area contributed by atoms with Crippen molar-refractivity contribution in [3.05, 3.63) is 29.3 Å². The Morgan fingerprint density at radius 2 is 2.14 bits per heavy atom. The van der Waals surface area contributed by atoms with Crippen LogP contribution in [0.15, 0.2) is 18.2 Å². The number of hydrogen-bond acceptors (Lipinski definition) is 4. The Morgan fingerprint density at radius 1 is 1.33 bits per heavy atom. The van der Waals surface area contributed by atoms with Gasteiger partial charge in [0.2, 0.25) is 0 Å². The largest absolute Gasteiger partial charge is 0.495 e. The molecule has 4 heteroatoms. The zero-order chi connectivity index (χ0) is 15.1. The van der Waals surface area contributed by atoms with E-state index < -0.39 is 0 Å². The Hall–Kier alpha value is -1.54. The Labute approximate surface area is 126 Å². The number of hydrogen-bond donors (Lipinski definition) is 1. The predicted octanol–water partition coefficient (Wildman–Crippen LogP) is 1.65. The van der Waals surface area contributed by atoms with Gasteiger partial charge in [-0.1, -0.05) is 17.9 Å². The Morgan fingerprint density at radius 3 is 2.76 bits per heavy atom. The summed E-state index contributed by atoms with van der Waals surface area (Å²) in [5.41, 5.74) is 2.03. The van der Waals surface area contributed by atoms with Gasteiger partial charge in [0.1, 0.15) is 12.4 Å². The fourth-order valence-corrected chi connectivity index (χ4v) is 2.36. The molecule has 0 spiro atoms. The average molecular weight is 289 g/mol. The molecule has 0 aliphatic heterocycles. The van der Waals surface area contributed by atoms with Crippen LogP contribution in [-0.4, -0.2) is 50.0 Å². The minimum absolute atomic E-state index is 0.143. The van der Waals surface area contributed by atoms with Crippen LogP contribution < -0.4 is 4.74 Å². The van der Waals surface area contributed by atoms with Crippen LogP contribution in [-0.2, 0) is 11.3 Å². The third-order valence-electron chi connectivity index (χ3n) is 3.60. The van der Waals surface area contributed by atoms with E-state index in [1.165, 1.54) is 18.4 Å². The molecule has 0 saturated heterocycles. The van der Waals surface area contributed by atoms with Crippen molar-refractivity contribution in [1.82, 2.24) is 4.90 Å². The molecule has 1 aromatic rings. The molecule has 4 nitrogen and oxygen atoms in total. The lowest BCUT2D eigenvalue weighted by Gasteiger charge is -2.22. The van der Waals surface area contributed by atoms with Gasteiger partial charge >= 0.3 is 0 Å². The van der Waals surface area contributed by atoms with Crippen molar-refractivity contribution < 1.29 is 14.6 Å². The Balaban J connectivity index is 2.11. The molecule has 1 aliphatic carbocycles. The third-order valence-corrected chi connectivity index (χ3v) is 3.60. The summed E-state index contributed by atoms with van der Waals surface area (Å²) < 4.78 is 10.5. The second-order valence-corrected chi connectivity index (χ2v) is 5.19. The highest BCUT2D eigenvalue weighted by Gasteiger charge is 2.28. The number of aliphatic hydroxyl groups is 1. The number of aliphatic hydroxyl groups excluding tert-OH is 1. The van der Waals surface area contributed by atoms with Crippen molar-refractivity contribution in [2.75, 3.05) is 34.0 Å². The summed E-state index contributed by atoms with van der Waals surface area (Å²) in [6.07, 6.45) is 2.55. The minimum Gasteiger partial charge on any atom is -0.495 e. The van der Waals surface area contributed by atoms with Gasteiger partial charge in [0, 0.05) is 26.2 Å².